The zero-order valence-electron chi connectivity index (χ0n) is 9.06. The normalized spacial score (nSPS) is 16.4. The van der Waals surface area contributed by atoms with E-state index in [1.54, 1.807) is 0 Å². The van der Waals surface area contributed by atoms with Crippen LogP contribution < -0.4 is 5.32 Å². The molecule has 0 heterocycles. The van der Waals surface area contributed by atoms with Gasteiger partial charge >= 0.3 is 0 Å². The van der Waals surface area contributed by atoms with Gasteiger partial charge in [0.1, 0.15) is 11.6 Å². The Morgan fingerprint density at radius 3 is 2.65 bits per heavy atom. The van der Waals surface area contributed by atoms with Crippen LogP contribution in [0.3, 0.4) is 0 Å². The van der Waals surface area contributed by atoms with Crippen molar-refractivity contribution in [2.45, 2.75) is 19.3 Å². The fraction of sp³-hybridized carbons (Fsp3) is 0.417. The molecule has 0 saturated heterocycles. The smallest absolute Gasteiger partial charge is 0.150 e. The van der Waals surface area contributed by atoms with Gasteiger partial charge in [0, 0.05) is 28.9 Å². The Kier molecular flexibility index (Phi) is 3.34. The van der Waals surface area contributed by atoms with Crippen molar-refractivity contribution in [3.05, 3.63) is 28.2 Å². The van der Waals surface area contributed by atoms with E-state index in [4.69, 9.17) is 5.26 Å². The molecule has 1 aromatic carbocycles. The highest BCUT2D eigenvalue weighted by atomic mass is 79.9. The minimum Gasteiger partial charge on any atom is -0.381 e. The number of hydrogen-bond acceptors (Lipinski definition) is 2. The average molecular weight is 301 g/mol. The maximum atomic E-state index is 13.5. The third-order valence-electron chi connectivity index (χ3n) is 3.06. The first-order valence-corrected chi connectivity index (χ1v) is 6.11. The van der Waals surface area contributed by atoms with Gasteiger partial charge in [-0.25, -0.2) is 8.78 Å². The molecule has 90 valence electrons. The molecule has 0 radical (unpaired) electrons. The molecule has 0 unspecified atom stereocenters. The van der Waals surface area contributed by atoms with Crippen molar-refractivity contribution >= 4 is 21.6 Å². The molecule has 0 aliphatic heterocycles. The first kappa shape index (κ1) is 12.3. The summed E-state index contributed by atoms with van der Waals surface area (Å²) in [5, 5.41) is 11.6. The van der Waals surface area contributed by atoms with Gasteiger partial charge in [-0.15, -0.1) is 0 Å². The molecule has 1 fully saturated rings. The standard InChI is InChI=1S/C12H11BrF2N2/c13-9-5-8(14)6-10(15)11(9)17-7-12(1-2-12)3-4-16/h5-6,17H,1-3,7H2. The highest BCUT2D eigenvalue weighted by Gasteiger charge is 2.42. The largest absolute Gasteiger partial charge is 0.381 e. The van der Waals surface area contributed by atoms with Gasteiger partial charge in [0.2, 0.25) is 0 Å². The van der Waals surface area contributed by atoms with Gasteiger partial charge < -0.3 is 5.32 Å². The van der Waals surface area contributed by atoms with Crippen molar-refractivity contribution in [1.82, 2.24) is 0 Å². The highest BCUT2D eigenvalue weighted by Crippen LogP contribution is 2.48. The summed E-state index contributed by atoms with van der Waals surface area (Å²) in [5.41, 5.74) is 0.241. The van der Waals surface area contributed by atoms with Crippen molar-refractivity contribution in [2.24, 2.45) is 5.41 Å². The van der Waals surface area contributed by atoms with E-state index < -0.39 is 11.6 Å². The Labute approximate surface area is 107 Å². The molecule has 2 nitrogen and oxygen atoms in total. The second-order valence-corrected chi connectivity index (χ2v) is 5.29. The molecule has 0 bridgehead atoms. The van der Waals surface area contributed by atoms with Crippen LogP contribution in [0, 0.1) is 28.4 Å². The maximum absolute atomic E-state index is 13.5. The Bertz CT molecular complexity index is 455. The number of anilines is 1. The Morgan fingerprint density at radius 2 is 2.12 bits per heavy atom. The van der Waals surface area contributed by atoms with E-state index in [9.17, 15) is 8.78 Å². The number of nitrogens with one attached hydrogen (secondary N) is 1. The molecule has 1 saturated carbocycles. The summed E-state index contributed by atoms with van der Waals surface area (Å²) >= 11 is 3.12. The van der Waals surface area contributed by atoms with Gasteiger partial charge in [-0.2, -0.15) is 5.26 Å². The van der Waals surface area contributed by atoms with Gasteiger partial charge in [-0.3, -0.25) is 0 Å². The summed E-state index contributed by atoms with van der Waals surface area (Å²) in [5.74, 6) is -1.23. The van der Waals surface area contributed by atoms with Crippen LogP contribution in [0.4, 0.5) is 14.5 Å². The van der Waals surface area contributed by atoms with Crippen molar-refractivity contribution in [2.75, 3.05) is 11.9 Å². The third-order valence-corrected chi connectivity index (χ3v) is 3.68. The van der Waals surface area contributed by atoms with Crippen LogP contribution in [0.15, 0.2) is 16.6 Å². The molecule has 2 rings (SSSR count). The lowest BCUT2D eigenvalue weighted by Gasteiger charge is -2.15. The molecular formula is C12H11BrF2N2. The number of benzene rings is 1. The van der Waals surface area contributed by atoms with Gasteiger partial charge in [0.25, 0.3) is 0 Å². The second-order valence-electron chi connectivity index (χ2n) is 4.43. The van der Waals surface area contributed by atoms with Crippen molar-refractivity contribution < 1.29 is 8.78 Å². The van der Waals surface area contributed by atoms with Crippen LogP contribution in [0.1, 0.15) is 19.3 Å². The molecule has 5 heteroatoms. The molecule has 1 N–H and O–H groups in total. The van der Waals surface area contributed by atoms with Crippen molar-refractivity contribution in [3.63, 3.8) is 0 Å². The quantitative estimate of drug-likeness (QED) is 0.917. The first-order chi connectivity index (χ1) is 8.06. The van der Waals surface area contributed by atoms with Gasteiger partial charge in [0.15, 0.2) is 0 Å². The van der Waals surface area contributed by atoms with Crippen LogP contribution in [0.5, 0.6) is 0 Å². The lowest BCUT2D eigenvalue weighted by Crippen LogP contribution is -2.16. The fourth-order valence-corrected chi connectivity index (χ4v) is 2.30. The second kappa shape index (κ2) is 4.61. The van der Waals surface area contributed by atoms with Crippen LogP contribution in [-0.2, 0) is 0 Å². The molecule has 1 aromatic rings. The molecule has 1 aliphatic rings. The summed E-state index contributed by atoms with van der Waals surface area (Å²) in [7, 11) is 0. The van der Waals surface area contributed by atoms with Crippen molar-refractivity contribution in [3.8, 4) is 6.07 Å². The van der Waals surface area contributed by atoms with Gasteiger partial charge in [-0.1, -0.05) is 0 Å². The van der Waals surface area contributed by atoms with Gasteiger partial charge in [-0.05, 0) is 34.8 Å². The minimum atomic E-state index is -0.621. The minimum absolute atomic E-state index is 0.0188. The van der Waals surface area contributed by atoms with Crippen LogP contribution >= 0.6 is 15.9 Å². The highest BCUT2D eigenvalue weighted by molar-refractivity contribution is 9.10. The van der Waals surface area contributed by atoms with E-state index in [2.05, 4.69) is 27.3 Å². The number of nitriles is 1. The number of halogens is 3. The molecule has 0 aromatic heterocycles. The molecule has 17 heavy (non-hydrogen) atoms. The monoisotopic (exact) mass is 300 g/mol. The zero-order valence-corrected chi connectivity index (χ0v) is 10.7. The van der Waals surface area contributed by atoms with E-state index >= 15 is 0 Å². The number of hydrogen-bond donors (Lipinski definition) is 1. The van der Waals surface area contributed by atoms with Gasteiger partial charge in [0.05, 0.1) is 11.8 Å². The SMILES string of the molecule is N#CCC1(CNc2c(F)cc(F)cc2Br)CC1. The van der Waals surface area contributed by atoms with E-state index in [0.29, 0.717) is 17.4 Å². The predicted octanol–water partition coefficient (Wildman–Crippen LogP) is 3.83. The number of rotatable bonds is 4. The van der Waals surface area contributed by atoms with E-state index in [-0.39, 0.29) is 11.1 Å². The summed E-state index contributed by atoms with van der Waals surface area (Å²) in [6.45, 7) is 0.543. The van der Waals surface area contributed by atoms with Crippen molar-refractivity contribution in [1.29, 1.82) is 5.26 Å². The summed E-state index contributed by atoms with van der Waals surface area (Å²) in [4.78, 5) is 0. The van der Waals surface area contributed by atoms with Crippen LogP contribution in [-0.4, -0.2) is 6.54 Å². The molecule has 0 amide bonds. The maximum Gasteiger partial charge on any atom is 0.150 e. The Hall–Kier alpha value is -1.15. The predicted molar refractivity (Wildman–Crippen MR) is 64.4 cm³/mol. The Balaban J connectivity index is 2.07. The summed E-state index contributed by atoms with van der Waals surface area (Å²) in [6, 6.07) is 4.20. The average Bonchev–Trinajstić information content (AvgIpc) is 2.97. The lowest BCUT2D eigenvalue weighted by atomic mass is 10.0. The topological polar surface area (TPSA) is 35.8 Å². The molecule has 0 atom stereocenters. The van der Waals surface area contributed by atoms with E-state index in [1.165, 1.54) is 6.07 Å². The molecule has 0 spiro atoms. The van der Waals surface area contributed by atoms with E-state index in [0.717, 1.165) is 18.9 Å². The van der Waals surface area contributed by atoms with Crippen LogP contribution in [0.2, 0.25) is 0 Å². The summed E-state index contributed by atoms with van der Waals surface area (Å²) in [6.07, 6.45) is 2.43. The molecule has 1 aliphatic carbocycles. The molecular weight excluding hydrogens is 290 g/mol. The summed E-state index contributed by atoms with van der Waals surface area (Å²) < 4.78 is 26.7. The first-order valence-electron chi connectivity index (χ1n) is 5.32. The van der Waals surface area contributed by atoms with E-state index in [1.807, 2.05) is 0 Å². The lowest BCUT2D eigenvalue weighted by molar-refractivity contribution is 0.549. The zero-order chi connectivity index (χ0) is 12.5. The van der Waals surface area contributed by atoms with Crippen LogP contribution in [0.25, 0.3) is 0 Å². The fourth-order valence-electron chi connectivity index (χ4n) is 1.75. The number of nitrogens with zero attached hydrogens (tertiary/aromatic N) is 1. The Morgan fingerprint density at radius 1 is 1.41 bits per heavy atom. The third kappa shape index (κ3) is 2.75.